The molecule has 2 N–H and O–H groups in total. The Morgan fingerprint density at radius 3 is 2.65 bits per heavy atom. The largest absolute Gasteiger partial charge is 0.455 e. The Bertz CT molecular complexity index is 1270. The lowest BCUT2D eigenvalue weighted by Crippen LogP contribution is -2.25. The van der Waals surface area contributed by atoms with Gasteiger partial charge in [0.1, 0.15) is 11.5 Å². The van der Waals surface area contributed by atoms with Crippen LogP contribution in [0.25, 0.3) is 22.1 Å². The van der Waals surface area contributed by atoms with Crippen LogP contribution < -0.4 is 10.7 Å². The van der Waals surface area contributed by atoms with Gasteiger partial charge in [-0.05, 0) is 29.7 Å². The number of fused-ring (bicyclic) bond motifs is 1. The van der Waals surface area contributed by atoms with Crippen LogP contribution in [0, 0.1) is 10.1 Å². The molecule has 0 aliphatic rings. The average molecular weight is 414 g/mol. The zero-order valence-electron chi connectivity index (χ0n) is 16.3. The fourth-order valence-electron chi connectivity index (χ4n) is 3.17. The lowest BCUT2D eigenvalue weighted by Gasteiger charge is -2.08. The molecule has 1 aromatic heterocycles. The number of carbonyl (C=O) groups is 1. The number of benzene rings is 3. The molecule has 1 heterocycles. The van der Waals surface area contributed by atoms with Crippen LogP contribution in [-0.2, 0) is 4.79 Å². The van der Waals surface area contributed by atoms with E-state index in [1.807, 2.05) is 42.5 Å². The van der Waals surface area contributed by atoms with Gasteiger partial charge in [-0.15, -0.1) is 0 Å². The van der Waals surface area contributed by atoms with Crippen LogP contribution in [0.15, 0.2) is 88.4 Å². The predicted molar refractivity (Wildman–Crippen MR) is 119 cm³/mol. The molecular formula is C23H18N4O4. The van der Waals surface area contributed by atoms with E-state index >= 15 is 0 Å². The Labute approximate surface area is 177 Å². The highest BCUT2D eigenvalue weighted by Gasteiger charge is 2.16. The number of para-hydroxylation sites is 1. The molecule has 0 unspecified atom stereocenters. The molecule has 0 aliphatic heterocycles. The summed E-state index contributed by atoms with van der Waals surface area (Å²) in [6.45, 7) is 0.0466. The first-order chi connectivity index (χ1) is 15.1. The number of nitro groups is 1. The zero-order chi connectivity index (χ0) is 21.6. The minimum Gasteiger partial charge on any atom is -0.455 e. The van der Waals surface area contributed by atoms with Gasteiger partial charge in [0.15, 0.2) is 0 Å². The molecule has 0 saturated heterocycles. The van der Waals surface area contributed by atoms with Gasteiger partial charge < -0.3 is 9.73 Å². The van der Waals surface area contributed by atoms with Crippen molar-refractivity contribution in [1.29, 1.82) is 0 Å². The summed E-state index contributed by atoms with van der Waals surface area (Å²) >= 11 is 0. The average Bonchev–Trinajstić information content (AvgIpc) is 3.26. The Balaban J connectivity index is 1.36. The minimum atomic E-state index is -0.464. The van der Waals surface area contributed by atoms with E-state index in [2.05, 4.69) is 15.8 Å². The second-order valence-electron chi connectivity index (χ2n) is 6.65. The normalized spacial score (nSPS) is 11.0. The van der Waals surface area contributed by atoms with E-state index < -0.39 is 4.92 Å². The zero-order valence-corrected chi connectivity index (χ0v) is 16.3. The van der Waals surface area contributed by atoms with Gasteiger partial charge >= 0.3 is 0 Å². The van der Waals surface area contributed by atoms with Gasteiger partial charge in [0.2, 0.25) is 0 Å². The maximum Gasteiger partial charge on any atom is 0.280 e. The third kappa shape index (κ3) is 4.59. The van der Waals surface area contributed by atoms with Crippen molar-refractivity contribution in [1.82, 2.24) is 5.43 Å². The van der Waals surface area contributed by atoms with Crippen molar-refractivity contribution in [2.45, 2.75) is 0 Å². The molecular weight excluding hydrogens is 396 g/mol. The van der Waals surface area contributed by atoms with Crippen LogP contribution in [-0.4, -0.2) is 23.6 Å². The summed E-state index contributed by atoms with van der Waals surface area (Å²) < 4.78 is 5.60. The Kier molecular flexibility index (Phi) is 5.70. The monoisotopic (exact) mass is 414 g/mol. The summed E-state index contributed by atoms with van der Waals surface area (Å²) in [6, 6.07) is 23.3. The first-order valence-electron chi connectivity index (χ1n) is 9.49. The van der Waals surface area contributed by atoms with Gasteiger partial charge in [0.05, 0.1) is 23.2 Å². The van der Waals surface area contributed by atoms with Gasteiger partial charge in [-0.3, -0.25) is 14.9 Å². The molecule has 0 bridgehead atoms. The molecule has 154 valence electrons. The second-order valence-corrected chi connectivity index (χ2v) is 6.65. The SMILES string of the molecule is O=C(CNc1cccc2ccccc12)N/N=C\c1ccc(-c2ccccc2[N+](=O)[O-])o1. The minimum absolute atomic E-state index is 0.0466. The van der Waals surface area contributed by atoms with Crippen LogP contribution in [0.5, 0.6) is 0 Å². The van der Waals surface area contributed by atoms with Crippen LogP contribution in [0.3, 0.4) is 0 Å². The van der Waals surface area contributed by atoms with Crippen molar-refractivity contribution in [3.8, 4) is 11.3 Å². The molecule has 31 heavy (non-hydrogen) atoms. The van der Waals surface area contributed by atoms with E-state index in [-0.39, 0.29) is 18.1 Å². The number of rotatable bonds is 7. The number of hydrogen-bond acceptors (Lipinski definition) is 6. The lowest BCUT2D eigenvalue weighted by molar-refractivity contribution is -0.384. The summed E-state index contributed by atoms with van der Waals surface area (Å²) in [5.41, 5.74) is 3.61. The van der Waals surface area contributed by atoms with Gasteiger partial charge in [0.25, 0.3) is 11.6 Å². The number of amides is 1. The van der Waals surface area contributed by atoms with Gasteiger partial charge in [0, 0.05) is 17.1 Å². The third-order valence-electron chi connectivity index (χ3n) is 4.60. The predicted octanol–water partition coefficient (Wildman–Crippen LogP) is 4.57. The molecule has 0 fully saturated rings. The molecule has 3 aromatic carbocycles. The van der Waals surface area contributed by atoms with Gasteiger partial charge in [-0.1, -0.05) is 48.5 Å². The summed E-state index contributed by atoms with van der Waals surface area (Å²) in [7, 11) is 0. The van der Waals surface area contributed by atoms with E-state index in [0.717, 1.165) is 16.5 Å². The van der Waals surface area contributed by atoms with Crippen LogP contribution in [0.1, 0.15) is 5.76 Å². The molecule has 0 radical (unpaired) electrons. The number of nitrogens with one attached hydrogen (secondary N) is 2. The van der Waals surface area contributed by atoms with E-state index in [1.54, 1.807) is 30.3 Å². The highest BCUT2D eigenvalue weighted by molar-refractivity contribution is 5.95. The number of furan rings is 1. The quantitative estimate of drug-likeness (QED) is 0.261. The van der Waals surface area contributed by atoms with Crippen LogP contribution in [0.4, 0.5) is 11.4 Å². The highest BCUT2D eigenvalue weighted by Crippen LogP contribution is 2.30. The summed E-state index contributed by atoms with van der Waals surface area (Å²) in [4.78, 5) is 22.8. The lowest BCUT2D eigenvalue weighted by atomic mass is 10.1. The number of hydrazone groups is 1. The molecule has 0 aliphatic carbocycles. The smallest absolute Gasteiger partial charge is 0.280 e. The molecule has 0 spiro atoms. The molecule has 0 saturated carbocycles. The van der Waals surface area contributed by atoms with Crippen molar-refractivity contribution >= 4 is 34.3 Å². The number of anilines is 1. The van der Waals surface area contributed by atoms with Gasteiger partial charge in [-0.25, -0.2) is 5.43 Å². The first-order valence-corrected chi connectivity index (χ1v) is 9.49. The fourth-order valence-corrected chi connectivity index (χ4v) is 3.17. The summed E-state index contributed by atoms with van der Waals surface area (Å²) in [5, 5.41) is 20.3. The maximum atomic E-state index is 12.1. The third-order valence-corrected chi connectivity index (χ3v) is 4.60. The Hall–Kier alpha value is -4.46. The molecule has 1 amide bonds. The van der Waals surface area contributed by atoms with Gasteiger partial charge in [-0.2, -0.15) is 5.10 Å². The highest BCUT2D eigenvalue weighted by atomic mass is 16.6. The summed E-state index contributed by atoms with van der Waals surface area (Å²) in [6.07, 6.45) is 1.34. The standard InChI is InChI=1S/C23H18N4O4/c28-23(15-24-20-10-5-7-16-6-1-2-8-18(16)20)26-25-14-17-12-13-22(31-17)19-9-3-4-11-21(19)27(29)30/h1-14,24H,15H2,(H,26,28)/b25-14-. The number of carbonyl (C=O) groups excluding carboxylic acids is 1. The number of nitro benzene ring substituents is 1. The van der Waals surface area contributed by atoms with E-state index in [4.69, 9.17) is 4.42 Å². The number of nitrogens with zero attached hydrogens (tertiary/aromatic N) is 2. The van der Waals surface area contributed by atoms with Crippen LogP contribution >= 0.6 is 0 Å². The van der Waals surface area contributed by atoms with Crippen molar-refractivity contribution in [2.24, 2.45) is 5.10 Å². The fraction of sp³-hybridized carbons (Fsp3) is 0.0435. The van der Waals surface area contributed by atoms with Crippen molar-refractivity contribution in [2.75, 3.05) is 11.9 Å². The summed E-state index contributed by atoms with van der Waals surface area (Å²) in [5.74, 6) is 0.378. The number of hydrogen-bond donors (Lipinski definition) is 2. The maximum absolute atomic E-state index is 12.1. The Morgan fingerprint density at radius 1 is 1.00 bits per heavy atom. The van der Waals surface area contributed by atoms with E-state index in [0.29, 0.717) is 17.1 Å². The van der Waals surface area contributed by atoms with Crippen LogP contribution in [0.2, 0.25) is 0 Å². The topological polar surface area (TPSA) is 110 Å². The van der Waals surface area contributed by atoms with Crippen molar-refractivity contribution < 1.29 is 14.1 Å². The molecule has 4 rings (SSSR count). The molecule has 8 heteroatoms. The molecule has 4 aromatic rings. The molecule has 0 atom stereocenters. The van der Waals surface area contributed by atoms with Crippen molar-refractivity contribution in [3.63, 3.8) is 0 Å². The first kappa shape index (κ1) is 19.8. The van der Waals surface area contributed by atoms with E-state index in [1.165, 1.54) is 12.3 Å². The van der Waals surface area contributed by atoms with E-state index in [9.17, 15) is 14.9 Å². The Morgan fingerprint density at radius 2 is 1.77 bits per heavy atom. The van der Waals surface area contributed by atoms with Crippen molar-refractivity contribution in [3.05, 3.63) is 94.7 Å². The second kappa shape index (κ2) is 8.91. The molecule has 8 nitrogen and oxygen atoms in total.